The summed E-state index contributed by atoms with van der Waals surface area (Å²) in [4.78, 5) is 8.69. The molecule has 1 fully saturated rings. The topological polar surface area (TPSA) is 18.5 Å². The zero-order valence-electron chi connectivity index (χ0n) is 15.8. The van der Waals surface area contributed by atoms with Crippen molar-refractivity contribution in [2.45, 2.75) is 57.5 Å². The Bertz CT molecular complexity index is 769. The summed E-state index contributed by atoms with van der Waals surface area (Å²) in [7, 11) is 0. The van der Waals surface area contributed by atoms with Crippen LogP contribution in [0.5, 0.6) is 5.75 Å². The predicted octanol–water partition coefficient (Wildman–Crippen LogP) is 7.10. The Kier molecular flexibility index (Phi) is 6.60. The maximum Gasteiger partial charge on any atom is 0.418 e. The molecule has 1 aliphatic rings. The number of alkyl halides is 2. The fourth-order valence-electron chi connectivity index (χ4n) is 3.82. The Morgan fingerprint density at radius 1 is 0.929 bits per heavy atom. The summed E-state index contributed by atoms with van der Waals surface area (Å²) in [5, 5.41) is 0. The summed E-state index contributed by atoms with van der Waals surface area (Å²) in [6, 6.07) is 8.47. The molecule has 0 unspecified atom stereocenters. The molecule has 0 radical (unpaired) electrons. The van der Waals surface area contributed by atoms with Crippen LogP contribution in [0.15, 0.2) is 42.5 Å². The van der Waals surface area contributed by atoms with Gasteiger partial charge in [0.1, 0.15) is 0 Å². The first-order valence-corrected chi connectivity index (χ1v) is 9.68. The van der Waals surface area contributed by atoms with Gasteiger partial charge in [0.05, 0.1) is 5.56 Å². The molecular formula is C22H24F4O2. The van der Waals surface area contributed by atoms with E-state index in [4.69, 9.17) is 0 Å². The highest BCUT2D eigenvalue weighted by molar-refractivity contribution is 5.28. The third-order valence-corrected chi connectivity index (χ3v) is 5.40. The summed E-state index contributed by atoms with van der Waals surface area (Å²) in [6.45, 7) is 2.20. The summed E-state index contributed by atoms with van der Waals surface area (Å²) in [5.74, 6) is -1.47. The van der Waals surface area contributed by atoms with E-state index in [2.05, 4.69) is 16.7 Å². The van der Waals surface area contributed by atoms with Gasteiger partial charge >= 0.3 is 6.11 Å². The van der Waals surface area contributed by atoms with Crippen LogP contribution in [0.4, 0.5) is 17.6 Å². The second kappa shape index (κ2) is 8.95. The second-order valence-corrected chi connectivity index (χ2v) is 7.39. The number of hydrogen-bond acceptors (Lipinski definition) is 2. The standard InChI is InChI=1S/C22H24F4O2/c1-2-3-15-4-6-16(7-5-15)17-8-10-18(11-9-17)22(25,26)28-27-19-12-13-20(23)21(24)14-19/h8-16H,2-7H2,1H3. The van der Waals surface area contributed by atoms with Gasteiger partial charge in [0.25, 0.3) is 0 Å². The van der Waals surface area contributed by atoms with Crippen molar-refractivity contribution in [1.82, 2.24) is 0 Å². The minimum absolute atomic E-state index is 0.348. The van der Waals surface area contributed by atoms with E-state index >= 15 is 0 Å². The molecule has 0 aromatic heterocycles. The molecule has 28 heavy (non-hydrogen) atoms. The third-order valence-electron chi connectivity index (χ3n) is 5.40. The minimum Gasteiger partial charge on any atom is -0.331 e. The third kappa shape index (κ3) is 5.04. The molecule has 6 heteroatoms. The van der Waals surface area contributed by atoms with E-state index in [0.29, 0.717) is 12.0 Å². The number of rotatable bonds is 7. The van der Waals surface area contributed by atoms with Gasteiger partial charge in [0, 0.05) is 6.07 Å². The lowest BCUT2D eigenvalue weighted by atomic mass is 9.77. The fraction of sp³-hybridized carbons (Fsp3) is 0.455. The van der Waals surface area contributed by atoms with Gasteiger partial charge in [-0.15, -0.1) is 4.89 Å². The Balaban J connectivity index is 1.59. The first-order valence-electron chi connectivity index (χ1n) is 9.68. The molecule has 0 bridgehead atoms. The summed E-state index contributed by atoms with van der Waals surface area (Å²) in [5.41, 5.74) is 0.689. The molecule has 3 rings (SSSR count). The van der Waals surface area contributed by atoms with Crippen molar-refractivity contribution in [2.75, 3.05) is 0 Å². The molecule has 0 aliphatic heterocycles. The van der Waals surface area contributed by atoms with E-state index in [9.17, 15) is 17.6 Å². The molecule has 0 saturated heterocycles. The van der Waals surface area contributed by atoms with Crippen molar-refractivity contribution in [1.29, 1.82) is 0 Å². The smallest absolute Gasteiger partial charge is 0.331 e. The average Bonchev–Trinajstić information content (AvgIpc) is 2.70. The van der Waals surface area contributed by atoms with Gasteiger partial charge in [-0.1, -0.05) is 31.9 Å². The summed E-state index contributed by atoms with van der Waals surface area (Å²) in [6.07, 6.45) is 3.26. The molecule has 0 spiro atoms. The van der Waals surface area contributed by atoms with E-state index in [0.717, 1.165) is 36.5 Å². The lowest BCUT2D eigenvalue weighted by molar-refractivity contribution is -0.400. The van der Waals surface area contributed by atoms with Gasteiger partial charge in [-0.05, 0) is 67.3 Å². The number of halogens is 4. The van der Waals surface area contributed by atoms with Crippen molar-refractivity contribution in [3.63, 3.8) is 0 Å². The zero-order chi connectivity index (χ0) is 20.1. The van der Waals surface area contributed by atoms with Crippen LogP contribution < -0.4 is 4.89 Å². The van der Waals surface area contributed by atoms with E-state index in [1.54, 1.807) is 12.1 Å². The van der Waals surface area contributed by atoms with Gasteiger partial charge in [-0.3, -0.25) is 0 Å². The first-order chi connectivity index (χ1) is 13.4. The van der Waals surface area contributed by atoms with Crippen LogP contribution in [0.25, 0.3) is 0 Å². The largest absolute Gasteiger partial charge is 0.418 e. The number of hydrogen-bond donors (Lipinski definition) is 0. The molecule has 0 amide bonds. The van der Waals surface area contributed by atoms with Gasteiger partial charge in [0.15, 0.2) is 17.4 Å². The SMILES string of the molecule is CCCC1CCC(c2ccc(C(F)(F)OOc3ccc(F)c(F)c3)cc2)CC1. The van der Waals surface area contributed by atoms with Crippen LogP contribution in [0, 0.1) is 17.6 Å². The fourth-order valence-corrected chi connectivity index (χ4v) is 3.82. The lowest BCUT2D eigenvalue weighted by Gasteiger charge is -2.28. The second-order valence-electron chi connectivity index (χ2n) is 7.39. The molecule has 2 aromatic carbocycles. The van der Waals surface area contributed by atoms with Crippen LogP contribution >= 0.6 is 0 Å². The van der Waals surface area contributed by atoms with E-state index in [1.165, 1.54) is 37.8 Å². The van der Waals surface area contributed by atoms with Crippen LogP contribution in [0.2, 0.25) is 0 Å². The molecule has 1 aliphatic carbocycles. The van der Waals surface area contributed by atoms with Crippen LogP contribution in [0.1, 0.15) is 62.5 Å². The van der Waals surface area contributed by atoms with Crippen LogP contribution in [-0.2, 0) is 11.0 Å². The Morgan fingerprint density at radius 3 is 2.21 bits per heavy atom. The quantitative estimate of drug-likeness (QED) is 0.282. The number of benzene rings is 2. The maximum atomic E-state index is 14.2. The highest BCUT2D eigenvalue weighted by Gasteiger charge is 2.36. The van der Waals surface area contributed by atoms with Crippen LogP contribution in [0.3, 0.4) is 0 Å². The van der Waals surface area contributed by atoms with E-state index < -0.39 is 17.7 Å². The highest BCUT2D eigenvalue weighted by atomic mass is 19.3. The molecule has 0 heterocycles. The first kappa shape index (κ1) is 20.6. The minimum atomic E-state index is -3.72. The van der Waals surface area contributed by atoms with Crippen molar-refractivity contribution < 1.29 is 27.3 Å². The Labute approximate surface area is 162 Å². The van der Waals surface area contributed by atoms with Crippen molar-refractivity contribution in [2.24, 2.45) is 5.92 Å². The van der Waals surface area contributed by atoms with Gasteiger partial charge in [-0.2, -0.15) is 8.78 Å². The lowest BCUT2D eigenvalue weighted by Crippen LogP contribution is -2.20. The van der Waals surface area contributed by atoms with E-state index in [-0.39, 0.29) is 11.3 Å². The monoisotopic (exact) mass is 396 g/mol. The van der Waals surface area contributed by atoms with Crippen LogP contribution in [-0.4, -0.2) is 0 Å². The molecule has 152 valence electrons. The zero-order valence-corrected chi connectivity index (χ0v) is 15.8. The van der Waals surface area contributed by atoms with E-state index in [1.807, 2.05) is 0 Å². The molecule has 0 N–H and O–H groups in total. The van der Waals surface area contributed by atoms with Gasteiger partial charge < -0.3 is 4.89 Å². The van der Waals surface area contributed by atoms with Crippen molar-refractivity contribution in [3.8, 4) is 5.75 Å². The van der Waals surface area contributed by atoms with Crippen molar-refractivity contribution in [3.05, 3.63) is 65.2 Å². The van der Waals surface area contributed by atoms with Gasteiger partial charge in [-0.25, -0.2) is 8.78 Å². The summed E-state index contributed by atoms with van der Waals surface area (Å²) < 4.78 is 54.4. The van der Waals surface area contributed by atoms with Gasteiger partial charge in [0.2, 0.25) is 0 Å². The van der Waals surface area contributed by atoms with Crippen molar-refractivity contribution >= 4 is 0 Å². The molecular weight excluding hydrogens is 372 g/mol. The predicted molar refractivity (Wildman–Crippen MR) is 98.0 cm³/mol. The summed E-state index contributed by atoms with van der Waals surface area (Å²) >= 11 is 0. The Hall–Kier alpha value is -2.08. The Morgan fingerprint density at radius 2 is 1.61 bits per heavy atom. The molecule has 0 atom stereocenters. The highest BCUT2D eigenvalue weighted by Crippen LogP contribution is 2.38. The molecule has 2 nitrogen and oxygen atoms in total. The molecule has 1 saturated carbocycles. The maximum absolute atomic E-state index is 14.2. The average molecular weight is 396 g/mol. The normalized spacial score (nSPS) is 20.2. The molecule has 2 aromatic rings.